The largest absolute Gasteiger partial charge is 0.460 e. The van der Waals surface area contributed by atoms with Crippen LogP contribution in [0.3, 0.4) is 0 Å². The van der Waals surface area contributed by atoms with E-state index in [1.807, 2.05) is 13.8 Å². The maximum atomic E-state index is 11.1. The summed E-state index contributed by atoms with van der Waals surface area (Å²) in [6.07, 6.45) is 0.250. The van der Waals surface area contributed by atoms with Crippen molar-refractivity contribution in [2.24, 2.45) is 0 Å². The number of hydrogen-bond donors (Lipinski definition) is 2. The highest BCUT2D eigenvalue weighted by atomic mass is 16.7. The van der Waals surface area contributed by atoms with Gasteiger partial charge in [-0.25, -0.2) is 9.59 Å². The number of hydroxylamine groups is 1. The average molecular weight is 244 g/mol. The van der Waals surface area contributed by atoms with Crippen LogP contribution in [-0.2, 0) is 14.4 Å². The van der Waals surface area contributed by atoms with Gasteiger partial charge in [-0.1, -0.05) is 13.5 Å². The second-order valence-corrected chi connectivity index (χ2v) is 3.66. The Morgan fingerprint density at radius 1 is 1.41 bits per heavy atom. The van der Waals surface area contributed by atoms with Crippen molar-refractivity contribution in [2.75, 3.05) is 13.2 Å². The van der Waals surface area contributed by atoms with Crippen LogP contribution in [0.4, 0.5) is 4.79 Å². The fourth-order valence-corrected chi connectivity index (χ4v) is 0.694. The third kappa shape index (κ3) is 8.27. The van der Waals surface area contributed by atoms with E-state index < -0.39 is 12.1 Å². The van der Waals surface area contributed by atoms with Crippen molar-refractivity contribution in [1.29, 1.82) is 0 Å². The second-order valence-electron chi connectivity index (χ2n) is 3.66. The van der Waals surface area contributed by atoms with E-state index in [9.17, 15) is 9.59 Å². The average Bonchev–Trinajstić information content (AvgIpc) is 2.30. The number of rotatable bonds is 7. The van der Waals surface area contributed by atoms with Gasteiger partial charge in [-0.2, -0.15) is 0 Å². The fourth-order valence-electron chi connectivity index (χ4n) is 0.694. The van der Waals surface area contributed by atoms with Gasteiger partial charge in [0, 0.05) is 11.6 Å². The zero-order chi connectivity index (χ0) is 13.3. The van der Waals surface area contributed by atoms with Gasteiger partial charge >= 0.3 is 12.1 Å². The summed E-state index contributed by atoms with van der Waals surface area (Å²) >= 11 is 0. The summed E-state index contributed by atoms with van der Waals surface area (Å²) in [5.74, 6) is -0.474. The topological polar surface area (TPSA) is 76.7 Å². The summed E-state index contributed by atoms with van der Waals surface area (Å²) in [7, 11) is 0. The summed E-state index contributed by atoms with van der Waals surface area (Å²) < 4.78 is 4.77. The molecule has 1 atom stereocenters. The van der Waals surface area contributed by atoms with Crippen LogP contribution in [0.15, 0.2) is 12.2 Å². The highest BCUT2D eigenvalue weighted by molar-refractivity contribution is 5.86. The van der Waals surface area contributed by atoms with Gasteiger partial charge in [0.2, 0.25) is 0 Å². The quantitative estimate of drug-likeness (QED) is 0.304. The molecule has 2 N–H and O–H groups in total. The summed E-state index contributed by atoms with van der Waals surface area (Å²) in [5, 5.41) is 2.43. The van der Waals surface area contributed by atoms with E-state index in [2.05, 4.69) is 17.4 Å². The van der Waals surface area contributed by atoms with Crippen LogP contribution >= 0.6 is 0 Å². The number of amides is 1. The van der Waals surface area contributed by atoms with Crippen LogP contribution in [0, 0.1) is 0 Å². The molecule has 0 aliphatic rings. The zero-order valence-electron chi connectivity index (χ0n) is 10.5. The van der Waals surface area contributed by atoms with Crippen LogP contribution < -0.4 is 10.8 Å². The zero-order valence-corrected chi connectivity index (χ0v) is 10.5. The van der Waals surface area contributed by atoms with E-state index in [0.29, 0.717) is 5.57 Å². The van der Waals surface area contributed by atoms with Crippen LogP contribution in [0.1, 0.15) is 27.2 Å². The van der Waals surface area contributed by atoms with Gasteiger partial charge in [-0.15, -0.1) is 5.48 Å². The summed E-state index contributed by atoms with van der Waals surface area (Å²) in [5.41, 5.74) is 2.89. The van der Waals surface area contributed by atoms with Crippen molar-refractivity contribution in [1.82, 2.24) is 10.8 Å². The Morgan fingerprint density at radius 2 is 2.06 bits per heavy atom. The molecule has 6 nitrogen and oxygen atoms in total. The highest BCUT2D eigenvalue weighted by Gasteiger charge is 2.06. The number of carbonyl (C=O) groups is 2. The molecule has 6 heteroatoms. The molecule has 1 amide bonds. The molecule has 0 bridgehead atoms. The predicted molar refractivity (Wildman–Crippen MR) is 63.1 cm³/mol. The molecular formula is C11H20N2O4. The smallest absolute Gasteiger partial charge is 0.426 e. The lowest BCUT2D eigenvalue weighted by atomic mass is 10.3. The van der Waals surface area contributed by atoms with Crippen LogP contribution in [-0.4, -0.2) is 31.3 Å². The van der Waals surface area contributed by atoms with Gasteiger partial charge in [0.15, 0.2) is 0 Å². The lowest BCUT2D eigenvalue weighted by Crippen LogP contribution is -2.36. The Hall–Kier alpha value is -1.56. The fraction of sp³-hybridized carbons (Fsp3) is 0.636. The molecule has 0 saturated heterocycles. The monoisotopic (exact) mass is 244 g/mol. The first-order chi connectivity index (χ1) is 7.97. The normalized spacial score (nSPS) is 11.5. The Labute approximate surface area is 101 Å². The maximum Gasteiger partial charge on any atom is 0.426 e. The number of carbonyl (C=O) groups excluding carboxylic acids is 2. The lowest BCUT2D eigenvalue weighted by molar-refractivity contribution is -0.138. The molecule has 0 fully saturated rings. The van der Waals surface area contributed by atoms with Crippen molar-refractivity contribution >= 4 is 12.1 Å². The van der Waals surface area contributed by atoms with Gasteiger partial charge in [0.25, 0.3) is 0 Å². The summed E-state index contributed by atoms with van der Waals surface area (Å²) in [6, 6.07) is 0.0991. The van der Waals surface area contributed by atoms with E-state index in [4.69, 9.17) is 9.57 Å². The van der Waals surface area contributed by atoms with Crippen molar-refractivity contribution in [3.8, 4) is 0 Å². The third-order valence-corrected chi connectivity index (χ3v) is 1.92. The first-order valence-electron chi connectivity index (χ1n) is 5.50. The second kappa shape index (κ2) is 8.58. The van der Waals surface area contributed by atoms with E-state index in [1.165, 1.54) is 0 Å². The maximum absolute atomic E-state index is 11.1. The Morgan fingerprint density at radius 3 is 2.59 bits per heavy atom. The first kappa shape index (κ1) is 15.4. The van der Waals surface area contributed by atoms with Crippen LogP contribution in [0.5, 0.6) is 0 Å². The molecule has 0 aromatic carbocycles. The van der Waals surface area contributed by atoms with Crippen molar-refractivity contribution in [3.63, 3.8) is 0 Å². The molecule has 0 rings (SSSR count). The van der Waals surface area contributed by atoms with E-state index >= 15 is 0 Å². The molecule has 98 valence electrons. The van der Waals surface area contributed by atoms with E-state index in [0.717, 1.165) is 6.42 Å². The standard InChI is InChI=1S/C11H20N2O4/c1-5-9(4)13-17-11(15)12-6-7-16-10(14)8(2)3/h9,13H,2,5-7H2,1,3-4H3,(H,12,15). The minimum Gasteiger partial charge on any atom is -0.460 e. The Balaban J connectivity index is 3.52. The van der Waals surface area contributed by atoms with Gasteiger partial charge in [0.1, 0.15) is 6.61 Å². The molecule has 17 heavy (non-hydrogen) atoms. The molecule has 0 heterocycles. The van der Waals surface area contributed by atoms with Gasteiger partial charge in [-0.05, 0) is 20.3 Å². The predicted octanol–water partition coefficient (Wildman–Crippen LogP) is 1.14. The Bertz CT molecular complexity index is 279. The molecule has 0 aliphatic heterocycles. The van der Waals surface area contributed by atoms with Gasteiger partial charge in [-0.3, -0.25) is 0 Å². The summed E-state index contributed by atoms with van der Waals surface area (Å²) in [4.78, 5) is 26.7. The molecule has 1 unspecified atom stereocenters. The molecule has 0 saturated carbocycles. The van der Waals surface area contributed by atoms with Crippen molar-refractivity contribution < 1.29 is 19.2 Å². The van der Waals surface area contributed by atoms with Crippen molar-refractivity contribution in [2.45, 2.75) is 33.2 Å². The number of ether oxygens (including phenoxy) is 1. The van der Waals surface area contributed by atoms with Gasteiger partial charge < -0.3 is 14.9 Å². The van der Waals surface area contributed by atoms with Crippen LogP contribution in [0.25, 0.3) is 0 Å². The minimum atomic E-state index is -0.600. The number of nitrogens with one attached hydrogen (secondary N) is 2. The molecule has 0 spiro atoms. The molecule has 0 radical (unpaired) electrons. The number of hydrogen-bond acceptors (Lipinski definition) is 5. The highest BCUT2D eigenvalue weighted by Crippen LogP contribution is 1.91. The molecule has 0 aliphatic carbocycles. The SMILES string of the molecule is C=C(C)C(=O)OCCNC(=O)ONC(C)CC. The van der Waals surface area contributed by atoms with E-state index in [-0.39, 0.29) is 19.2 Å². The number of esters is 1. The molecule has 0 aromatic rings. The third-order valence-electron chi connectivity index (χ3n) is 1.92. The van der Waals surface area contributed by atoms with Gasteiger partial charge in [0.05, 0.1) is 6.54 Å². The van der Waals surface area contributed by atoms with Crippen LogP contribution in [0.2, 0.25) is 0 Å². The molecular weight excluding hydrogens is 224 g/mol. The molecule has 0 aromatic heterocycles. The van der Waals surface area contributed by atoms with Crippen molar-refractivity contribution in [3.05, 3.63) is 12.2 Å². The van der Waals surface area contributed by atoms with E-state index in [1.54, 1.807) is 6.92 Å². The lowest BCUT2D eigenvalue weighted by Gasteiger charge is -2.11. The Kier molecular flexibility index (Phi) is 7.79. The first-order valence-corrected chi connectivity index (χ1v) is 5.50. The summed E-state index contributed by atoms with van der Waals surface area (Å²) in [6.45, 7) is 9.13. The minimum absolute atomic E-state index is 0.0874.